The van der Waals surface area contributed by atoms with Gasteiger partial charge in [-0.05, 0) is 37.1 Å². The number of pyridine rings is 1. The van der Waals surface area contributed by atoms with Gasteiger partial charge in [0.1, 0.15) is 5.69 Å². The number of carbonyl (C=O) groups excluding carboxylic acids is 1. The van der Waals surface area contributed by atoms with Gasteiger partial charge in [-0.3, -0.25) is 9.78 Å². The maximum atomic E-state index is 12.7. The Morgan fingerprint density at radius 2 is 1.96 bits per heavy atom. The quantitative estimate of drug-likeness (QED) is 0.771. The molecule has 1 aromatic carbocycles. The third kappa shape index (κ3) is 3.38. The van der Waals surface area contributed by atoms with Crippen molar-refractivity contribution in [3.8, 4) is 11.1 Å². The molecule has 1 N–H and O–H groups in total. The molecule has 1 atom stereocenters. The molecule has 0 saturated carbocycles. The van der Waals surface area contributed by atoms with Crippen LogP contribution in [-0.2, 0) is 6.54 Å². The average Bonchev–Trinajstić information content (AvgIpc) is 3.08. The predicted molar refractivity (Wildman–Crippen MR) is 95.7 cm³/mol. The summed E-state index contributed by atoms with van der Waals surface area (Å²) in [6, 6.07) is 15.8. The highest BCUT2D eigenvalue weighted by atomic mass is 16.2. The Kier molecular flexibility index (Phi) is 4.75. The number of amides is 1. The minimum atomic E-state index is -0.0911. The second kappa shape index (κ2) is 7.13. The average molecular weight is 319 g/mol. The number of hydrogen-bond acceptors (Lipinski definition) is 2. The van der Waals surface area contributed by atoms with E-state index < -0.39 is 0 Å². The molecule has 0 spiro atoms. The van der Waals surface area contributed by atoms with Gasteiger partial charge in [-0.25, -0.2) is 0 Å². The number of aryl methyl sites for hydroxylation is 1. The third-order valence-electron chi connectivity index (χ3n) is 4.11. The number of aromatic nitrogens is 2. The summed E-state index contributed by atoms with van der Waals surface area (Å²) in [6.07, 6.45) is 5.53. The number of rotatable bonds is 5. The van der Waals surface area contributed by atoms with E-state index in [0.717, 1.165) is 23.2 Å². The SMILES string of the molecule is CCn1cc(-c2ccccc2)cc1C(=O)N[C@H](C)c1cccnc1. The van der Waals surface area contributed by atoms with Gasteiger partial charge >= 0.3 is 0 Å². The molecule has 4 heteroatoms. The van der Waals surface area contributed by atoms with Crippen molar-refractivity contribution < 1.29 is 4.79 Å². The lowest BCUT2D eigenvalue weighted by Gasteiger charge is -2.14. The second-order valence-electron chi connectivity index (χ2n) is 5.75. The molecule has 0 aliphatic rings. The molecule has 3 aromatic rings. The fraction of sp³-hybridized carbons (Fsp3) is 0.200. The van der Waals surface area contributed by atoms with Crippen LogP contribution in [0, 0.1) is 0 Å². The van der Waals surface area contributed by atoms with Crippen LogP contribution in [0.2, 0.25) is 0 Å². The molecule has 0 saturated heterocycles. The molecular formula is C20H21N3O. The fourth-order valence-corrected chi connectivity index (χ4v) is 2.74. The van der Waals surface area contributed by atoms with Gasteiger partial charge in [0.05, 0.1) is 6.04 Å². The topological polar surface area (TPSA) is 46.9 Å². The van der Waals surface area contributed by atoms with Crippen LogP contribution in [-0.4, -0.2) is 15.5 Å². The zero-order valence-corrected chi connectivity index (χ0v) is 13.9. The number of benzene rings is 1. The zero-order valence-electron chi connectivity index (χ0n) is 13.9. The highest BCUT2D eigenvalue weighted by molar-refractivity contribution is 5.94. The lowest BCUT2D eigenvalue weighted by molar-refractivity contribution is 0.0930. The molecule has 122 valence electrons. The Hall–Kier alpha value is -2.88. The van der Waals surface area contributed by atoms with E-state index in [0.29, 0.717) is 5.69 Å². The van der Waals surface area contributed by atoms with Crippen LogP contribution in [0.5, 0.6) is 0 Å². The number of carbonyl (C=O) groups is 1. The van der Waals surface area contributed by atoms with Crippen LogP contribution in [0.4, 0.5) is 0 Å². The number of nitrogens with one attached hydrogen (secondary N) is 1. The van der Waals surface area contributed by atoms with Gasteiger partial charge in [0.2, 0.25) is 0 Å². The van der Waals surface area contributed by atoms with Crippen LogP contribution in [0.3, 0.4) is 0 Å². The summed E-state index contributed by atoms with van der Waals surface area (Å²) >= 11 is 0. The highest BCUT2D eigenvalue weighted by Crippen LogP contribution is 2.22. The van der Waals surface area contributed by atoms with Crippen LogP contribution in [0.1, 0.15) is 35.9 Å². The summed E-state index contributed by atoms with van der Waals surface area (Å²) < 4.78 is 1.98. The summed E-state index contributed by atoms with van der Waals surface area (Å²) in [4.78, 5) is 16.8. The van der Waals surface area contributed by atoms with Crippen LogP contribution in [0.15, 0.2) is 67.1 Å². The minimum absolute atomic E-state index is 0.0737. The van der Waals surface area contributed by atoms with Crippen molar-refractivity contribution in [2.75, 3.05) is 0 Å². The number of nitrogens with zero attached hydrogens (tertiary/aromatic N) is 2. The predicted octanol–water partition coefficient (Wildman–Crippen LogP) is 4.06. The standard InChI is InChI=1S/C20H21N3O/c1-3-23-14-18(16-8-5-4-6-9-16)12-19(23)20(24)22-15(2)17-10-7-11-21-13-17/h4-15H,3H2,1-2H3,(H,22,24)/t15-/m1/s1. The van der Waals surface area contributed by atoms with E-state index in [-0.39, 0.29) is 11.9 Å². The van der Waals surface area contributed by atoms with Gasteiger partial charge in [0.25, 0.3) is 5.91 Å². The lowest BCUT2D eigenvalue weighted by Crippen LogP contribution is -2.28. The Morgan fingerprint density at radius 3 is 2.62 bits per heavy atom. The Balaban J connectivity index is 1.83. The largest absolute Gasteiger partial charge is 0.344 e. The first-order valence-corrected chi connectivity index (χ1v) is 8.15. The smallest absolute Gasteiger partial charge is 0.268 e. The minimum Gasteiger partial charge on any atom is -0.344 e. The van der Waals surface area contributed by atoms with Gasteiger partial charge in [-0.15, -0.1) is 0 Å². The molecule has 4 nitrogen and oxygen atoms in total. The maximum Gasteiger partial charge on any atom is 0.268 e. The molecule has 2 heterocycles. The van der Waals surface area contributed by atoms with Crippen molar-refractivity contribution in [3.05, 3.63) is 78.4 Å². The third-order valence-corrected chi connectivity index (χ3v) is 4.11. The van der Waals surface area contributed by atoms with Crippen LogP contribution >= 0.6 is 0 Å². The van der Waals surface area contributed by atoms with E-state index in [4.69, 9.17) is 0 Å². The molecule has 0 aliphatic carbocycles. The van der Waals surface area contributed by atoms with E-state index in [1.165, 1.54) is 0 Å². The number of hydrogen-bond donors (Lipinski definition) is 1. The summed E-state index contributed by atoms with van der Waals surface area (Å²) in [5, 5.41) is 3.05. The molecule has 0 bridgehead atoms. The van der Waals surface area contributed by atoms with E-state index in [2.05, 4.69) is 22.4 Å². The first-order valence-electron chi connectivity index (χ1n) is 8.15. The Morgan fingerprint density at radius 1 is 1.17 bits per heavy atom. The van der Waals surface area contributed by atoms with E-state index in [1.807, 2.05) is 61.0 Å². The first-order chi connectivity index (χ1) is 11.7. The normalized spacial score (nSPS) is 11.9. The summed E-state index contributed by atoms with van der Waals surface area (Å²) in [5.74, 6) is -0.0737. The molecule has 2 aromatic heterocycles. The van der Waals surface area contributed by atoms with Gasteiger partial charge in [0.15, 0.2) is 0 Å². The van der Waals surface area contributed by atoms with Crippen LogP contribution < -0.4 is 5.32 Å². The molecule has 0 unspecified atom stereocenters. The van der Waals surface area contributed by atoms with Gasteiger partial charge in [-0.2, -0.15) is 0 Å². The van der Waals surface area contributed by atoms with E-state index >= 15 is 0 Å². The fourth-order valence-electron chi connectivity index (χ4n) is 2.74. The van der Waals surface area contributed by atoms with Gasteiger partial charge in [-0.1, -0.05) is 36.4 Å². The van der Waals surface area contributed by atoms with Crippen LogP contribution in [0.25, 0.3) is 11.1 Å². The Bertz CT molecular complexity index is 809. The molecule has 0 radical (unpaired) electrons. The Labute approximate surface area is 142 Å². The molecule has 24 heavy (non-hydrogen) atoms. The molecule has 3 rings (SSSR count). The monoisotopic (exact) mass is 319 g/mol. The first kappa shape index (κ1) is 16.0. The lowest BCUT2D eigenvalue weighted by atomic mass is 10.1. The molecule has 0 aliphatic heterocycles. The zero-order chi connectivity index (χ0) is 16.9. The van der Waals surface area contributed by atoms with Crippen molar-refractivity contribution in [1.82, 2.24) is 14.9 Å². The van der Waals surface area contributed by atoms with E-state index in [1.54, 1.807) is 12.4 Å². The highest BCUT2D eigenvalue weighted by Gasteiger charge is 2.16. The summed E-state index contributed by atoms with van der Waals surface area (Å²) in [5.41, 5.74) is 3.83. The van der Waals surface area contributed by atoms with Crippen molar-refractivity contribution >= 4 is 5.91 Å². The van der Waals surface area contributed by atoms with Crippen molar-refractivity contribution in [1.29, 1.82) is 0 Å². The summed E-state index contributed by atoms with van der Waals surface area (Å²) in [7, 11) is 0. The van der Waals surface area contributed by atoms with Crippen molar-refractivity contribution in [2.45, 2.75) is 26.4 Å². The van der Waals surface area contributed by atoms with Gasteiger partial charge in [0, 0.05) is 30.7 Å². The van der Waals surface area contributed by atoms with Crippen molar-refractivity contribution in [3.63, 3.8) is 0 Å². The molecule has 1 amide bonds. The van der Waals surface area contributed by atoms with E-state index in [9.17, 15) is 4.79 Å². The second-order valence-corrected chi connectivity index (χ2v) is 5.75. The van der Waals surface area contributed by atoms with Crippen molar-refractivity contribution in [2.24, 2.45) is 0 Å². The van der Waals surface area contributed by atoms with Gasteiger partial charge < -0.3 is 9.88 Å². The molecule has 0 fully saturated rings. The maximum absolute atomic E-state index is 12.7. The summed E-state index contributed by atoms with van der Waals surface area (Å²) in [6.45, 7) is 4.75. The molecular weight excluding hydrogens is 298 g/mol.